The molecule has 3 aromatic rings. The average molecular weight is 580 g/mol. The van der Waals surface area contributed by atoms with Crippen LogP contribution in [0.1, 0.15) is 31.2 Å². The van der Waals surface area contributed by atoms with Crippen LogP contribution in [0.25, 0.3) is 10.9 Å². The van der Waals surface area contributed by atoms with Crippen molar-refractivity contribution in [3.63, 3.8) is 0 Å². The predicted molar refractivity (Wildman–Crippen MR) is 145 cm³/mol. The first kappa shape index (κ1) is 27.4. The van der Waals surface area contributed by atoms with Crippen molar-refractivity contribution < 1.29 is 17.9 Å². The summed E-state index contributed by atoms with van der Waals surface area (Å²) >= 11 is 3.23. The fraction of sp³-hybridized carbons (Fsp3) is 0.481. The Bertz CT molecular complexity index is 1200. The van der Waals surface area contributed by atoms with Crippen LogP contribution in [0.5, 0.6) is 5.75 Å². The minimum atomic E-state index is -4.72. The third kappa shape index (κ3) is 7.70. The van der Waals surface area contributed by atoms with E-state index in [1.165, 1.54) is 6.07 Å². The van der Waals surface area contributed by atoms with E-state index in [1.54, 1.807) is 12.1 Å². The van der Waals surface area contributed by atoms with E-state index in [-0.39, 0.29) is 5.75 Å². The van der Waals surface area contributed by atoms with Gasteiger partial charge in [-0.15, -0.1) is 13.2 Å². The van der Waals surface area contributed by atoms with Crippen molar-refractivity contribution in [3.05, 3.63) is 52.5 Å². The van der Waals surface area contributed by atoms with E-state index < -0.39 is 6.36 Å². The molecule has 1 saturated carbocycles. The molecule has 0 amide bonds. The van der Waals surface area contributed by atoms with Crippen LogP contribution in [0.3, 0.4) is 0 Å². The fourth-order valence-electron chi connectivity index (χ4n) is 5.01. The van der Waals surface area contributed by atoms with Crippen LogP contribution in [-0.2, 0) is 6.54 Å². The molecule has 1 aliphatic rings. The number of alkyl halides is 3. The largest absolute Gasteiger partial charge is 0.573 e. The molecule has 0 aliphatic heterocycles. The second-order valence-corrected chi connectivity index (χ2v) is 11.0. The smallest absolute Gasteiger partial charge is 0.405 e. The molecule has 1 fully saturated rings. The van der Waals surface area contributed by atoms with Crippen molar-refractivity contribution in [2.45, 2.75) is 38.6 Å². The number of nitrogens with one attached hydrogen (secondary N) is 1. The fourth-order valence-corrected chi connectivity index (χ4v) is 5.35. The van der Waals surface area contributed by atoms with Crippen molar-refractivity contribution >= 4 is 38.6 Å². The maximum atomic E-state index is 12.8. The maximum Gasteiger partial charge on any atom is 0.573 e. The number of nitrogens with zero attached hydrogens (tertiary/aromatic N) is 4. The number of rotatable bonds is 9. The Morgan fingerprint density at radius 1 is 1.00 bits per heavy atom. The molecule has 1 aliphatic carbocycles. The Morgan fingerprint density at radius 2 is 1.70 bits per heavy atom. The van der Waals surface area contributed by atoms with Crippen LogP contribution in [0.2, 0.25) is 0 Å². The predicted octanol–water partition coefficient (Wildman–Crippen LogP) is 6.71. The first-order valence-corrected chi connectivity index (χ1v) is 13.3. The van der Waals surface area contributed by atoms with E-state index in [2.05, 4.69) is 30.9 Å². The zero-order valence-corrected chi connectivity index (χ0v) is 22.9. The maximum absolute atomic E-state index is 12.8. The molecule has 10 heteroatoms. The molecule has 200 valence electrons. The number of hydrogen-bond acceptors (Lipinski definition) is 6. The number of para-hydroxylation sites is 1. The van der Waals surface area contributed by atoms with E-state index >= 15 is 0 Å². The third-order valence-corrected chi connectivity index (χ3v) is 7.28. The van der Waals surface area contributed by atoms with Crippen molar-refractivity contribution in [1.82, 2.24) is 14.9 Å². The van der Waals surface area contributed by atoms with E-state index in [1.807, 2.05) is 50.3 Å². The van der Waals surface area contributed by atoms with Crippen molar-refractivity contribution in [2.75, 3.05) is 44.4 Å². The topological polar surface area (TPSA) is 53.5 Å². The molecule has 0 saturated heterocycles. The second kappa shape index (κ2) is 11.9. The number of halogens is 4. The highest BCUT2D eigenvalue weighted by Crippen LogP contribution is 2.33. The number of anilines is 2. The van der Waals surface area contributed by atoms with Gasteiger partial charge >= 0.3 is 6.36 Å². The average Bonchev–Trinajstić information content (AvgIpc) is 2.83. The Hall–Kier alpha value is -2.59. The lowest BCUT2D eigenvalue weighted by Crippen LogP contribution is -2.30. The van der Waals surface area contributed by atoms with Gasteiger partial charge < -0.3 is 19.9 Å². The number of hydrogen-bond donors (Lipinski definition) is 1. The number of aromatic nitrogens is 2. The molecule has 0 radical (unpaired) electrons. The summed E-state index contributed by atoms with van der Waals surface area (Å²) in [6.45, 7) is 2.06. The third-order valence-electron chi connectivity index (χ3n) is 6.79. The van der Waals surface area contributed by atoms with Gasteiger partial charge in [0.25, 0.3) is 0 Å². The minimum absolute atomic E-state index is 0.156. The highest BCUT2D eigenvalue weighted by atomic mass is 79.9. The van der Waals surface area contributed by atoms with Gasteiger partial charge in [-0.25, -0.2) is 4.98 Å². The molecule has 1 heterocycles. The molecule has 2 aromatic carbocycles. The lowest BCUT2D eigenvalue weighted by Gasteiger charge is -2.31. The zero-order chi connectivity index (χ0) is 26.6. The monoisotopic (exact) mass is 579 g/mol. The van der Waals surface area contributed by atoms with E-state index in [0.717, 1.165) is 55.5 Å². The van der Waals surface area contributed by atoms with E-state index in [9.17, 15) is 13.2 Å². The lowest BCUT2D eigenvalue weighted by atomic mass is 9.81. The summed E-state index contributed by atoms with van der Waals surface area (Å²) in [4.78, 5) is 13.5. The Kier molecular flexibility index (Phi) is 8.79. The summed E-state index contributed by atoms with van der Waals surface area (Å²) < 4.78 is 43.3. The molecule has 0 atom stereocenters. The van der Waals surface area contributed by atoms with Gasteiger partial charge in [0, 0.05) is 49.2 Å². The zero-order valence-electron chi connectivity index (χ0n) is 21.4. The van der Waals surface area contributed by atoms with Gasteiger partial charge in [-0.2, -0.15) is 4.98 Å². The molecule has 0 bridgehead atoms. The Labute approximate surface area is 224 Å². The molecule has 4 rings (SSSR count). The second-order valence-electron chi connectivity index (χ2n) is 10.0. The molecule has 6 nitrogen and oxygen atoms in total. The molecule has 1 N–H and O–H groups in total. The van der Waals surface area contributed by atoms with Crippen LogP contribution in [0.4, 0.5) is 24.9 Å². The minimum Gasteiger partial charge on any atom is -0.405 e. The van der Waals surface area contributed by atoms with Crippen LogP contribution >= 0.6 is 15.9 Å². The van der Waals surface area contributed by atoms with E-state index in [4.69, 9.17) is 9.97 Å². The van der Waals surface area contributed by atoms with Gasteiger partial charge in [0.1, 0.15) is 11.6 Å². The number of ether oxygens (including phenoxy) is 1. The molecule has 37 heavy (non-hydrogen) atoms. The van der Waals surface area contributed by atoms with Crippen LogP contribution in [0.15, 0.2) is 46.9 Å². The summed E-state index contributed by atoms with van der Waals surface area (Å²) in [6, 6.07) is 12.8. The summed E-state index contributed by atoms with van der Waals surface area (Å²) in [6.07, 6.45) is -0.345. The van der Waals surface area contributed by atoms with Gasteiger partial charge in [-0.05, 0) is 68.8 Å². The molecular formula is C27H33BrF3N5O. The highest BCUT2D eigenvalue weighted by Gasteiger charge is 2.32. The number of benzene rings is 2. The van der Waals surface area contributed by atoms with Gasteiger partial charge in [0.15, 0.2) is 0 Å². The summed E-state index contributed by atoms with van der Waals surface area (Å²) in [5, 5.41) is 4.48. The number of fused-ring (bicyclic) bond motifs is 1. The normalized spacial score (nSPS) is 18.3. The highest BCUT2D eigenvalue weighted by molar-refractivity contribution is 9.10. The lowest BCUT2D eigenvalue weighted by molar-refractivity contribution is -0.275. The quantitative estimate of drug-likeness (QED) is 0.304. The summed E-state index contributed by atoms with van der Waals surface area (Å²) in [5.41, 5.74) is 1.44. The molecule has 1 aromatic heterocycles. The molecule has 0 spiro atoms. The molecular weight excluding hydrogens is 547 g/mol. The van der Waals surface area contributed by atoms with Crippen molar-refractivity contribution in [2.24, 2.45) is 11.8 Å². The van der Waals surface area contributed by atoms with Crippen molar-refractivity contribution in [3.8, 4) is 5.75 Å². The summed E-state index contributed by atoms with van der Waals surface area (Å²) in [5.74, 6) is 2.44. The van der Waals surface area contributed by atoms with Gasteiger partial charge in [0.2, 0.25) is 5.95 Å². The van der Waals surface area contributed by atoms with E-state index in [0.29, 0.717) is 34.4 Å². The van der Waals surface area contributed by atoms with Gasteiger partial charge in [-0.3, -0.25) is 0 Å². The first-order chi connectivity index (χ1) is 17.6. The van der Waals surface area contributed by atoms with Crippen LogP contribution < -0.4 is 15.0 Å². The van der Waals surface area contributed by atoms with Gasteiger partial charge in [-0.1, -0.05) is 34.1 Å². The first-order valence-electron chi connectivity index (χ1n) is 12.5. The molecule has 0 unspecified atom stereocenters. The van der Waals surface area contributed by atoms with Crippen molar-refractivity contribution in [1.29, 1.82) is 0 Å². The Balaban J connectivity index is 1.28. The SMILES string of the molecule is CN(Cc1ccc(Br)cc1OC(F)(F)F)CC1CCC(CNc2nc(N(C)C)c3ccccc3n2)CC1. The van der Waals surface area contributed by atoms with Crippen LogP contribution in [0, 0.1) is 11.8 Å². The standard InChI is InChI=1S/C27H33BrF3N5O/c1-35(2)25-22-6-4-5-7-23(22)33-26(34-25)32-15-18-8-10-19(11-9-18)16-36(3)17-20-12-13-21(28)14-24(20)37-27(29,30)31/h4-7,12-14,18-19H,8-11,15-17H2,1-3H3,(H,32,33,34). The summed E-state index contributed by atoms with van der Waals surface area (Å²) in [7, 11) is 5.92. The Morgan fingerprint density at radius 3 is 2.41 bits per heavy atom. The van der Waals surface area contributed by atoms with Gasteiger partial charge in [0.05, 0.1) is 5.52 Å². The van der Waals surface area contributed by atoms with Crippen LogP contribution in [-0.4, -0.2) is 55.5 Å².